The van der Waals surface area contributed by atoms with Crippen LogP contribution in [0.5, 0.6) is 0 Å². The van der Waals surface area contributed by atoms with E-state index in [0.29, 0.717) is 17.1 Å². The van der Waals surface area contributed by atoms with Gasteiger partial charge in [-0.3, -0.25) is 9.59 Å². The van der Waals surface area contributed by atoms with Crippen LogP contribution in [0.2, 0.25) is 0 Å². The number of fused-ring (bicyclic) bond motifs is 1. The Balaban J connectivity index is 1.53. The molecule has 0 aliphatic carbocycles. The van der Waals surface area contributed by atoms with Crippen molar-refractivity contribution < 1.29 is 14.0 Å². The van der Waals surface area contributed by atoms with Gasteiger partial charge in [0.1, 0.15) is 11.5 Å². The van der Waals surface area contributed by atoms with Gasteiger partial charge in [-0.2, -0.15) is 5.10 Å². The lowest BCUT2D eigenvalue weighted by molar-refractivity contribution is -0.113. The van der Waals surface area contributed by atoms with Crippen LogP contribution in [0.15, 0.2) is 59.6 Å². The molecule has 26 heavy (non-hydrogen) atoms. The van der Waals surface area contributed by atoms with Crippen molar-refractivity contribution in [2.75, 3.05) is 16.4 Å². The minimum absolute atomic E-state index is 0.0744. The largest absolute Gasteiger partial charge is 0.324 e. The molecule has 1 aromatic heterocycles. The van der Waals surface area contributed by atoms with Crippen LogP contribution < -0.4 is 10.6 Å². The number of aromatic nitrogens is 2. The topological polar surface area (TPSA) is 76.0 Å². The van der Waals surface area contributed by atoms with Crippen LogP contribution in [0.3, 0.4) is 0 Å². The summed E-state index contributed by atoms with van der Waals surface area (Å²) in [5, 5.41) is 9.63. The summed E-state index contributed by atoms with van der Waals surface area (Å²) in [5.41, 5.74) is 1.63. The lowest BCUT2D eigenvalue weighted by Gasteiger charge is -2.17. The van der Waals surface area contributed by atoms with E-state index in [0.717, 1.165) is 4.90 Å². The molecule has 0 bridgehead atoms. The first-order chi connectivity index (χ1) is 12.6. The predicted molar refractivity (Wildman–Crippen MR) is 97.3 cm³/mol. The zero-order valence-electron chi connectivity index (χ0n) is 13.4. The quantitative estimate of drug-likeness (QED) is 0.744. The number of nitrogens with zero attached hydrogens (tertiary/aromatic N) is 2. The number of hydrogen-bond donors (Lipinski definition) is 2. The second kappa shape index (κ2) is 6.64. The Morgan fingerprint density at radius 2 is 2.08 bits per heavy atom. The van der Waals surface area contributed by atoms with Gasteiger partial charge in [-0.15, -0.1) is 11.8 Å². The van der Waals surface area contributed by atoms with Gasteiger partial charge in [0.2, 0.25) is 5.91 Å². The van der Waals surface area contributed by atoms with Crippen LogP contribution in [-0.2, 0) is 4.79 Å². The Hall–Kier alpha value is -3.13. The molecule has 2 amide bonds. The maximum Gasteiger partial charge on any atom is 0.276 e. The minimum Gasteiger partial charge on any atom is -0.324 e. The molecular formula is C18H13FN4O2S. The van der Waals surface area contributed by atoms with E-state index in [2.05, 4.69) is 15.7 Å². The van der Waals surface area contributed by atoms with Crippen LogP contribution in [0.4, 0.5) is 15.8 Å². The fourth-order valence-electron chi connectivity index (χ4n) is 2.57. The Morgan fingerprint density at radius 3 is 2.92 bits per heavy atom. The Kier molecular flexibility index (Phi) is 4.18. The Morgan fingerprint density at radius 1 is 1.23 bits per heavy atom. The molecule has 1 aliphatic heterocycles. The van der Waals surface area contributed by atoms with Gasteiger partial charge in [0.05, 0.1) is 11.4 Å². The molecule has 2 N–H and O–H groups in total. The van der Waals surface area contributed by atoms with E-state index in [1.807, 2.05) is 6.07 Å². The first kappa shape index (κ1) is 16.3. The number of halogens is 1. The molecule has 0 saturated heterocycles. The number of benzene rings is 2. The third kappa shape index (κ3) is 3.18. The number of carbonyl (C=O) groups is 2. The van der Waals surface area contributed by atoms with E-state index in [1.165, 1.54) is 34.8 Å². The summed E-state index contributed by atoms with van der Waals surface area (Å²) >= 11 is 1.45. The van der Waals surface area contributed by atoms with Crippen molar-refractivity contribution in [3.63, 3.8) is 0 Å². The van der Waals surface area contributed by atoms with Crippen LogP contribution in [-0.4, -0.2) is 27.3 Å². The zero-order chi connectivity index (χ0) is 18.1. The minimum atomic E-state index is -0.425. The number of para-hydroxylation sites is 1. The first-order valence-electron chi connectivity index (χ1n) is 7.79. The standard InChI is InChI=1S/C18H13FN4O2S/c19-12-3-1-2-4-15(12)23-8-7-13(22-23)18(25)20-11-5-6-16-14(9-11)21-17(24)10-26-16/h1-9H,10H2,(H,20,25)(H,21,24). The van der Waals surface area contributed by atoms with E-state index < -0.39 is 11.7 Å². The summed E-state index contributed by atoms with van der Waals surface area (Å²) in [4.78, 5) is 24.8. The smallest absolute Gasteiger partial charge is 0.276 e. The van der Waals surface area contributed by atoms with Crippen molar-refractivity contribution in [2.24, 2.45) is 0 Å². The molecule has 2 aromatic carbocycles. The van der Waals surface area contributed by atoms with E-state index >= 15 is 0 Å². The monoisotopic (exact) mass is 368 g/mol. The highest BCUT2D eigenvalue weighted by Crippen LogP contribution is 2.33. The molecule has 0 atom stereocenters. The number of hydrogen-bond acceptors (Lipinski definition) is 4. The SMILES string of the molecule is O=C1CSc2ccc(NC(=O)c3ccn(-c4ccccc4F)n3)cc2N1. The molecule has 0 radical (unpaired) electrons. The lowest BCUT2D eigenvalue weighted by Crippen LogP contribution is -2.19. The highest BCUT2D eigenvalue weighted by Gasteiger charge is 2.17. The number of rotatable bonds is 3. The average molecular weight is 368 g/mol. The van der Waals surface area contributed by atoms with Crippen LogP contribution >= 0.6 is 11.8 Å². The van der Waals surface area contributed by atoms with E-state index in [-0.39, 0.29) is 17.3 Å². The summed E-state index contributed by atoms with van der Waals surface area (Å²) in [7, 11) is 0. The van der Waals surface area contributed by atoms with Gasteiger partial charge in [0.15, 0.2) is 5.69 Å². The maximum absolute atomic E-state index is 13.8. The molecule has 8 heteroatoms. The van der Waals surface area contributed by atoms with E-state index in [1.54, 1.807) is 30.3 Å². The molecule has 2 heterocycles. The molecular weight excluding hydrogens is 355 g/mol. The second-order valence-corrected chi connectivity index (χ2v) is 6.62. The maximum atomic E-state index is 13.8. The van der Waals surface area contributed by atoms with Crippen molar-refractivity contribution in [3.05, 3.63) is 66.2 Å². The van der Waals surface area contributed by atoms with Crippen molar-refractivity contribution in [2.45, 2.75) is 4.90 Å². The van der Waals surface area contributed by atoms with Gasteiger partial charge in [0, 0.05) is 16.8 Å². The van der Waals surface area contributed by atoms with Gasteiger partial charge in [-0.05, 0) is 36.4 Å². The Labute approximate surface area is 152 Å². The van der Waals surface area contributed by atoms with Gasteiger partial charge < -0.3 is 10.6 Å². The van der Waals surface area contributed by atoms with Crippen molar-refractivity contribution in [1.82, 2.24) is 9.78 Å². The van der Waals surface area contributed by atoms with Gasteiger partial charge in [0.25, 0.3) is 5.91 Å². The fraction of sp³-hybridized carbons (Fsp3) is 0.0556. The summed E-state index contributed by atoms with van der Waals surface area (Å²) in [5.74, 6) is -0.540. The highest BCUT2D eigenvalue weighted by molar-refractivity contribution is 8.00. The molecule has 130 valence electrons. The van der Waals surface area contributed by atoms with E-state index in [4.69, 9.17) is 0 Å². The number of carbonyl (C=O) groups excluding carboxylic acids is 2. The summed E-state index contributed by atoms with van der Waals surface area (Å²) in [6.45, 7) is 0. The van der Waals surface area contributed by atoms with Gasteiger partial charge in [-0.25, -0.2) is 9.07 Å². The third-order valence-electron chi connectivity index (χ3n) is 3.79. The molecule has 6 nitrogen and oxygen atoms in total. The van der Waals surface area contributed by atoms with Crippen molar-refractivity contribution >= 4 is 35.0 Å². The van der Waals surface area contributed by atoms with E-state index in [9.17, 15) is 14.0 Å². The number of amides is 2. The third-order valence-corrected chi connectivity index (χ3v) is 4.86. The zero-order valence-corrected chi connectivity index (χ0v) is 14.2. The van der Waals surface area contributed by atoms with Crippen molar-refractivity contribution in [3.8, 4) is 5.69 Å². The van der Waals surface area contributed by atoms with Crippen LogP contribution in [0, 0.1) is 5.82 Å². The van der Waals surface area contributed by atoms with Gasteiger partial charge in [-0.1, -0.05) is 12.1 Å². The predicted octanol–water partition coefficient (Wildman–Crippen LogP) is 3.31. The van der Waals surface area contributed by atoms with Crippen LogP contribution in [0.1, 0.15) is 10.5 Å². The number of thioether (sulfide) groups is 1. The highest BCUT2D eigenvalue weighted by atomic mass is 32.2. The Bertz CT molecular complexity index is 1020. The fourth-order valence-corrected chi connectivity index (χ4v) is 3.36. The number of anilines is 2. The number of nitrogens with one attached hydrogen (secondary N) is 2. The van der Waals surface area contributed by atoms with Crippen molar-refractivity contribution in [1.29, 1.82) is 0 Å². The molecule has 0 fully saturated rings. The van der Waals surface area contributed by atoms with Crippen LogP contribution in [0.25, 0.3) is 5.69 Å². The molecule has 4 rings (SSSR count). The second-order valence-electron chi connectivity index (χ2n) is 5.60. The molecule has 0 saturated carbocycles. The summed E-state index contributed by atoms with van der Waals surface area (Å²) in [6, 6.07) is 13.0. The molecule has 0 spiro atoms. The first-order valence-corrected chi connectivity index (χ1v) is 8.77. The molecule has 1 aliphatic rings. The lowest BCUT2D eigenvalue weighted by atomic mass is 10.2. The van der Waals surface area contributed by atoms with Gasteiger partial charge >= 0.3 is 0 Å². The average Bonchev–Trinajstić information content (AvgIpc) is 3.12. The summed E-state index contributed by atoms with van der Waals surface area (Å²) < 4.78 is 15.1. The molecule has 3 aromatic rings. The molecule has 0 unspecified atom stereocenters. The normalized spacial score (nSPS) is 13.0. The summed E-state index contributed by atoms with van der Waals surface area (Å²) in [6.07, 6.45) is 1.52.